The largest absolute Gasteiger partial charge is 0.352 e. The lowest BCUT2D eigenvalue weighted by molar-refractivity contribution is -0.139. The molecule has 31 heavy (non-hydrogen) atoms. The van der Waals surface area contributed by atoms with Gasteiger partial charge in [-0.15, -0.1) is 11.8 Å². The Hall–Kier alpha value is -2.05. The minimum absolute atomic E-state index is 0.0476. The maximum atomic E-state index is 14.3. The quantitative estimate of drug-likeness (QED) is 0.531. The fourth-order valence-corrected chi connectivity index (χ4v) is 4.63. The highest BCUT2D eigenvalue weighted by Gasteiger charge is 2.28. The second kappa shape index (κ2) is 11.5. The molecule has 1 aliphatic carbocycles. The number of carbonyl (C=O) groups excluding carboxylic acids is 2. The first-order chi connectivity index (χ1) is 14.9. The van der Waals surface area contributed by atoms with Gasteiger partial charge in [0, 0.05) is 28.1 Å². The van der Waals surface area contributed by atoms with Crippen molar-refractivity contribution in [2.45, 2.75) is 62.6 Å². The number of benzene rings is 2. The molecule has 1 aliphatic rings. The molecule has 7 heteroatoms. The molecule has 2 aromatic rings. The van der Waals surface area contributed by atoms with Crippen molar-refractivity contribution in [2.75, 3.05) is 5.75 Å². The fraction of sp³-hybridized carbons (Fsp3) is 0.417. The second-order valence-electron chi connectivity index (χ2n) is 7.88. The molecule has 0 aromatic heterocycles. The molecule has 0 saturated heterocycles. The summed E-state index contributed by atoms with van der Waals surface area (Å²) in [5.74, 6) is -0.634. The van der Waals surface area contributed by atoms with Gasteiger partial charge in [-0.2, -0.15) is 0 Å². The van der Waals surface area contributed by atoms with E-state index in [1.165, 1.54) is 29.1 Å². The van der Waals surface area contributed by atoms with E-state index >= 15 is 0 Å². The van der Waals surface area contributed by atoms with Crippen molar-refractivity contribution in [1.29, 1.82) is 0 Å². The smallest absolute Gasteiger partial charge is 0.242 e. The number of nitrogens with one attached hydrogen (secondary N) is 1. The van der Waals surface area contributed by atoms with Crippen LogP contribution in [0.2, 0.25) is 5.02 Å². The van der Waals surface area contributed by atoms with E-state index < -0.39 is 6.04 Å². The van der Waals surface area contributed by atoms with Crippen LogP contribution in [-0.4, -0.2) is 34.6 Å². The Morgan fingerprint density at radius 3 is 2.48 bits per heavy atom. The summed E-state index contributed by atoms with van der Waals surface area (Å²) >= 11 is 7.29. The third-order valence-corrected chi connectivity index (χ3v) is 6.84. The fourth-order valence-electron chi connectivity index (χ4n) is 3.72. The molecule has 3 rings (SSSR count). The summed E-state index contributed by atoms with van der Waals surface area (Å²) in [4.78, 5) is 28.4. The van der Waals surface area contributed by atoms with Crippen molar-refractivity contribution < 1.29 is 14.0 Å². The highest BCUT2D eigenvalue weighted by atomic mass is 35.5. The van der Waals surface area contributed by atoms with E-state index in [0.29, 0.717) is 10.6 Å². The lowest BCUT2D eigenvalue weighted by Crippen LogP contribution is -2.50. The molecule has 166 valence electrons. The van der Waals surface area contributed by atoms with Gasteiger partial charge in [0.1, 0.15) is 11.9 Å². The molecular weight excluding hydrogens is 435 g/mol. The Labute approximate surface area is 192 Å². The van der Waals surface area contributed by atoms with Crippen LogP contribution < -0.4 is 5.32 Å². The van der Waals surface area contributed by atoms with E-state index in [4.69, 9.17) is 11.6 Å². The number of hydrogen-bond donors (Lipinski definition) is 1. The number of amides is 2. The Morgan fingerprint density at radius 1 is 1.13 bits per heavy atom. The predicted octanol–water partition coefficient (Wildman–Crippen LogP) is 5.44. The lowest BCUT2D eigenvalue weighted by Gasteiger charge is -2.31. The molecule has 1 saturated carbocycles. The van der Waals surface area contributed by atoms with Crippen LogP contribution in [0, 0.1) is 5.82 Å². The molecule has 0 heterocycles. The van der Waals surface area contributed by atoms with Gasteiger partial charge < -0.3 is 10.2 Å². The molecule has 4 nitrogen and oxygen atoms in total. The number of hydrogen-bond acceptors (Lipinski definition) is 3. The molecule has 0 aliphatic heterocycles. The first-order valence-corrected chi connectivity index (χ1v) is 12.0. The Kier molecular flexibility index (Phi) is 8.79. The zero-order valence-electron chi connectivity index (χ0n) is 17.7. The van der Waals surface area contributed by atoms with Crippen LogP contribution in [0.5, 0.6) is 0 Å². The molecule has 1 fully saturated rings. The molecule has 1 unspecified atom stereocenters. The summed E-state index contributed by atoms with van der Waals surface area (Å²) in [6.07, 6.45) is 5.34. The number of nitrogens with zero attached hydrogens (tertiary/aromatic N) is 1. The number of halogens is 2. The summed E-state index contributed by atoms with van der Waals surface area (Å²) < 4.78 is 14.3. The van der Waals surface area contributed by atoms with Gasteiger partial charge in [0.15, 0.2) is 0 Å². The maximum Gasteiger partial charge on any atom is 0.242 e. The zero-order valence-corrected chi connectivity index (χ0v) is 19.2. The lowest BCUT2D eigenvalue weighted by atomic mass is 9.95. The molecule has 1 atom stereocenters. The van der Waals surface area contributed by atoms with Crippen molar-refractivity contribution in [2.24, 2.45) is 0 Å². The van der Waals surface area contributed by atoms with Crippen LogP contribution in [0.25, 0.3) is 0 Å². The highest BCUT2D eigenvalue weighted by Crippen LogP contribution is 2.23. The van der Waals surface area contributed by atoms with Gasteiger partial charge in [-0.1, -0.05) is 49.1 Å². The Bertz CT molecular complexity index is 887. The number of rotatable bonds is 8. The van der Waals surface area contributed by atoms with Crippen LogP contribution in [-0.2, 0) is 16.1 Å². The van der Waals surface area contributed by atoms with E-state index in [1.807, 2.05) is 12.1 Å². The molecule has 0 bridgehead atoms. The minimum atomic E-state index is -0.695. The zero-order chi connectivity index (χ0) is 22.2. The van der Waals surface area contributed by atoms with Crippen molar-refractivity contribution in [3.8, 4) is 0 Å². The second-order valence-corrected chi connectivity index (χ2v) is 9.36. The third-order valence-electron chi connectivity index (χ3n) is 5.59. The van der Waals surface area contributed by atoms with Crippen LogP contribution >= 0.6 is 23.4 Å². The molecule has 1 N–H and O–H groups in total. The van der Waals surface area contributed by atoms with E-state index in [-0.39, 0.29) is 36.0 Å². The monoisotopic (exact) mass is 462 g/mol. The average molecular weight is 463 g/mol. The van der Waals surface area contributed by atoms with Crippen LogP contribution in [0.4, 0.5) is 4.39 Å². The number of carbonyl (C=O) groups is 2. The minimum Gasteiger partial charge on any atom is -0.352 e. The normalized spacial score (nSPS) is 15.3. The molecular formula is C24H28ClFN2O2S. The molecule has 0 spiro atoms. The summed E-state index contributed by atoms with van der Waals surface area (Å²) in [7, 11) is 0. The van der Waals surface area contributed by atoms with Gasteiger partial charge in [-0.3, -0.25) is 9.59 Å². The first-order valence-electron chi connectivity index (χ1n) is 10.7. The summed E-state index contributed by atoms with van der Waals surface area (Å²) in [5.41, 5.74) is 0.393. The summed E-state index contributed by atoms with van der Waals surface area (Å²) in [6.45, 7) is 1.76. The van der Waals surface area contributed by atoms with Crippen molar-refractivity contribution in [3.63, 3.8) is 0 Å². The van der Waals surface area contributed by atoms with Crippen LogP contribution in [0.3, 0.4) is 0 Å². The molecule has 0 radical (unpaired) electrons. The van der Waals surface area contributed by atoms with Gasteiger partial charge in [-0.05, 0) is 50.1 Å². The molecule has 2 amide bonds. The highest BCUT2D eigenvalue weighted by molar-refractivity contribution is 8.00. The van der Waals surface area contributed by atoms with E-state index in [0.717, 1.165) is 30.6 Å². The predicted molar refractivity (Wildman–Crippen MR) is 124 cm³/mol. The van der Waals surface area contributed by atoms with Crippen molar-refractivity contribution in [3.05, 3.63) is 64.9 Å². The Balaban J connectivity index is 1.71. The SMILES string of the molecule is CC(C(=O)NC1CCCCC1)N(Cc1ccccc1F)C(=O)CSc1ccc(Cl)cc1. The van der Waals surface area contributed by atoms with E-state index in [9.17, 15) is 14.0 Å². The van der Waals surface area contributed by atoms with Crippen molar-refractivity contribution >= 4 is 35.2 Å². The van der Waals surface area contributed by atoms with Crippen molar-refractivity contribution in [1.82, 2.24) is 10.2 Å². The third kappa shape index (κ3) is 6.97. The summed E-state index contributed by atoms with van der Waals surface area (Å²) in [6, 6.07) is 13.0. The van der Waals surface area contributed by atoms with Crippen LogP contribution in [0.1, 0.15) is 44.6 Å². The maximum absolute atomic E-state index is 14.3. The van der Waals surface area contributed by atoms with E-state index in [1.54, 1.807) is 37.3 Å². The Morgan fingerprint density at radius 2 is 1.81 bits per heavy atom. The van der Waals surface area contributed by atoms with Gasteiger partial charge in [0.25, 0.3) is 0 Å². The standard InChI is InChI=1S/C24H28ClFN2O2S/c1-17(24(30)27-20-8-3-2-4-9-20)28(15-18-7-5-6-10-22(18)26)23(29)16-31-21-13-11-19(25)12-14-21/h5-7,10-14,17,20H,2-4,8-9,15-16H2,1H3,(H,27,30). The van der Waals surface area contributed by atoms with Gasteiger partial charge >= 0.3 is 0 Å². The number of thioether (sulfide) groups is 1. The van der Waals surface area contributed by atoms with E-state index in [2.05, 4.69) is 5.32 Å². The first kappa shape index (κ1) is 23.6. The summed E-state index contributed by atoms with van der Waals surface area (Å²) in [5, 5.41) is 3.72. The molecule has 2 aromatic carbocycles. The van der Waals surface area contributed by atoms with Gasteiger partial charge in [0.05, 0.1) is 5.75 Å². The topological polar surface area (TPSA) is 49.4 Å². The van der Waals surface area contributed by atoms with Gasteiger partial charge in [0.2, 0.25) is 11.8 Å². The van der Waals surface area contributed by atoms with Crippen LogP contribution in [0.15, 0.2) is 53.4 Å². The van der Waals surface area contributed by atoms with Gasteiger partial charge in [-0.25, -0.2) is 4.39 Å². The average Bonchev–Trinajstić information content (AvgIpc) is 2.78.